The van der Waals surface area contributed by atoms with Crippen LogP contribution in [0.4, 0.5) is 0 Å². The molecule has 0 unspecified atom stereocenters. The normalized spacial score (nSPS) is 20.9. The van der Waals surface area contributed by atoms with E-state index < -0.39 is 0 Å². The van der Waals surface area contributed by atoms with Crippen molar-refractivity contribution in [1.29, 1.82) is 0 Å². The first-order valence-corrected chi connectivity index (χ1v) is 6.67. The van der Waals surface area contributed by atoms with E-state index in [9.17, 15) is 0 Å². The maximum Gasteiger partial charge on any atom is 0.0717 e. The lowest BCUT2D eigenvalue weighted by Crippen LogP contribution is -2.32. The van der Waals surface area contributed by atoms with Gasteiger partial charge >= 0.3 is 0 Å². The van der Waals surface area contributed by atoms with Crippen molar-refractivity contribution in [2.75, 3.05) is 19.7 Å². The molecule has 0 bridgehead atoms. The predicted octanol–water partition coefficient (Wildman–Crippen LogP) is 2.97. The summed E-state index contributed by atoms with van der Waals surface area (Å²) < 4.78 is 6.87. The molecule has 0 spiro atoms. The van der Waals surface area contributed by atoms with Gasteiger partial charge in [0.25, 0.3) is 0 Å². The molecule has 16 heavy (non-hydrogen) atoms. The van der Waals surface area contributed by atoms with Crippen LogP contribution in [-0.4, -0.2) is 19.7 Å². The van der Waals surface area contributed by atoms with Crippen LogP contribution in [0.25, 0.3) is 0 Å². The van der Waals surface area contributed by atoms with Gasteiger partial charge in [-0.2, -0.15) is 0 Å². The third-order valence-corrected chi connectivity index (χ3v) is 3.40. The smallest absolute Gasteiger partial charge is 0.0717 e. The largest absolute Gasteiger partial charge is 0.376 e. The van der Waals surface area contributed by atoms with Crippen LogP contribution < -0.4 is 5.32 Å². The van der Waals surface area contributed by atoms with Crippen LogP contribution in [0, 0.1) is 5.92 Å². The van der Waals surface area contributed by atoms with Gasteiger partial charge in [0.15, 0.2) is 0 Å². The lowest BCUT2D eigenvalue weighted by atomic mass is 10.0. The van der Waals surface area contributed by atoms with E-state index >= 15 is 0 Å². The molecular formula is C13H18BrNO. The fourth-order valence-corrected chi connectivity index (χ4v) is 2.48. The van der Waals surface area contributed by atoms with Crippen molar-refractivity contribution >= 4 is 15.9 Å². The van der Waals surface area contributed by atoms with E-state index in [4.69, 9.17) is 4.74 Å². The highest BCUT2D eigenvalue weighted by Gasteiger charge is 2.12. The number of ether oxygens (including phenoxy) is 1. The minimum Gasteiger partial charge on any atom is -0.376 e. The molecule has 1 aliphatic heterocycles. The molecule has 1 fully saturated rings. The zero-order valence-corrected chi connectivity index (χ0v) is 11.0. The van der Waals surface area contributed by atoms with Crippen LogP contribution in [-0.2, 0) is 11.3 Å². The Morgan fingerprint density at radius 3 is 3.12 bits per heavy atom. The zero-order chi connectivity index (χ0) is 11.2. The molecule has 2 rings (SSSR count). The highest BCUT2D eigenvalue weighted by Crippen LogP contribution is 2.14. The van der Waals surface area contributed by atoms with E-state index in [0.717, 1.165) is 24.2 Å². The van der Waals surface area contributed by atoms with Crippen LogP contribution in [0.2, 0.25) is 0 Å². The van der Waals surface area contributed by atoms with E-state index in [1.165, 1.54) is 24.9 Å². The molecule has 0 radical (unpaired) electrons. The average Bonchev–Trinajstić information content (AvgIpc) is 2.30. The molecule has 0 amide bonds. The Hall–Kier alpha value is -0.380. The number of hydrogen-bond donors (Lipinski definition) is 1. The van der Waals surface area contributed by atoms with Crippen LogP contribution in [0.1, 0.15) is 18.4 Å². The zero-order valence-electron chi connectivity index (χ0n) is 9.42. The van der Waals surface area contributed by atoms with Gasteiger partial charge in [-0.3, -0.25) is 0 Å². The van der Waals surface area contributed by atoms with Crippen molar-refractivity contribution in [3.05, 3.63) is 34.3 Å². The molecule has 1 aromatic carbocycles. The number of piperidine rings is 1. The molecule has 1 aromatic rings. The summed E-state index contributed by atoms with van der Waals surface area (Å²) in [5.41, 5.74) is 1.23. The average molecular weight is 284 g/mol. The number of rotatable bonds is 4. The Morgan fingerprint density at radius 2 is 2.38 bits per heavy atom. The maximum absolute atomic E-state index is 5.75. The van der Waals surface area contributed by atoms with Gasteiger partial charge in [-0.05, 0) is 43.0 Å². The molecule has 0 saturated carbocycles. The third-order valence-electron chi connectivity index (χ3n) is 2.91. The first kappa shape index (κ1) is 12.1. The molecule has 1 atom stereocenters. The predicted molar refractivity (Wildman–Crippen MR) is 69.4 cm³/mol. The second kappa shape index (κ2) is 6.38. The Balaban J connectivity index is 1.71. The summed E-state index contributed by atoms with van der Waals surface area (Å²) in [7, 11) is 0. The first-order valence-electron chi connectivity index (χ1n) is 5.87. The number of benzene rings is 1. The van der Waals surface area contributed by atoms with E-state index in [2.05, 4.69) is 33.4 Å². The van der Waals surface area contributed by atoms with Crippen LogP contribution in [0.15, 0.2) is 28.7 Å². The molecule has 88 valence electrons. The SMILES string of the molecule is Brc1cccc(COC[C@H]2CCCNC2)c1. The van der Waals surface area contributed by atoms with Gasteiger partial charge in [0, 0.05) is 11.0 Å². The standard InChI is InChI=1S/C13H18BrNO/c14-13-5-1-3-11(7-13)9-16-10-12-4-2-6-15-8-12/h1,3,5,7,12,15H,2,4,6,8-10H2/t12-/m0/s1. The second-order valence-corrected chi connectivity index (χ2v) is 5.27. The Morgan fingerprint density at radius 1 is 1.44 bits per heavy atom. The monoisotopic (exact) mass is 283 g/mol. The quantitative estimate of drug-likeness (QED) is 0.917. The fraction of sp³-hybridized carbons (Fsp3) is 0.538. The van der Waals surface area contributed by atoms with Crippen molar-refractivity contribution in [2.45, 2.75) is 19.4 Å². The molecule has 0 aromatic heterocycles. The summed E-state index contributed by atoms with van der Waals surface area (Å²) in [5, 5.41) is 3.41. The van der Waals surface area contributed by atoms with Crippen LogP contribution in [0.5, 0.6) is 0 Å². The molecule has 1 aliphatic rings. The minimum atomic E-state index is 0.695. The molecule has 1 saturated heterocycles. The van der Waals surface area contributed by atoms with Crippen molar-refractivity contribution in [3.63, 3.8) is 0 Å². The van der Waals surface area contributed by atoms with Crippen molar-refractivity contribution in [1.82, 2.24) is 5.32 Å². The van der Waals surface area contributed by atoms with Gasteiger partial charge in [0.05, 0.1) is 13.2 Å². The van der Waals surface area contributed by atoms with Crippen molar-refractivity contribution in [3.8, 4) is 0 Å². The third kappa shape index (κ3) is 3.89. The first-order chi connectivity index (χ1) is 7.84. The van der Waals surface area contributed by atoms with Crippen LogP contribution >= 0.6 is 15.9 Å². The van der Waals surface area contributed by atoms with E-state index in [1.54, 1.807) is 0 Å². The molecule has 1 N–H and O–H groups in total. The topological polar surface area (TPSA) is 21.3 Å². The van der Waals surface area contributed by atoms with Gasteiger partial charge in [-0.1, -0.05) is 28.1 Å². The molecule has 0 aliphatic carbocycles. The molecule has 3 heteroatoms. The lowest BCUT2D eigenvalue weighted by Gasteiger charge is -2.22. The molecule has 2 nitrogen and oxygen atoms in total. The number of hydrogen-bond acceptors (Lipinski definition) is 2. The summed E-state index contributed by atoms with van der Waals surface area (Å²) in [6, 6.07) is 8.29. The van der Waals surface area contributed by atoms with Gasteiger partial charge in [-0.25, -0.2) is 0 Å². The lowest BCUT2D eigenvalue weighted by molar-refractivity contribution is 0.0783. The Kier molecular flexibility index (Phi) is 4.82. The van der Waals surface area contributed by atoms with Gasteiger partial charge in [0.1, 0.15) is 0 Å². The highest BCUT2D eigenvalue weighted by molar-refractivity contribution is 9.10. The Bertz CT molecular complexity index is 323. The Labute approximate surface area is 106 Å². The summed E-state index contributed by atoms with van der Waals surface area (Å²) in [6.07, 6.45) is 2.58. The van der Waals surface area contributed by atoms with Crippen molar-refractivity contribution in [2.24, 2.45) is 5.92 Å². The summed E-state index contributed by atoms with van der Waals surface area (Å²) in [5.74, 6) is 0.695. The van der Waals surface area contributed by atoms with Crippen LogP contribution in [0.3, 0.4) is 0 Å². The van der Waals surface area contributed by atoms with Gasteiger partial charge < -0.3 is 10.1 Å². The minimum absolute atomic E-state index is 0.695. The molecule has 1 heterocycles. The summed E-state index contributed by atoms with van der Waals surface area (Å²) >= 11 is 3.47. The fourth-order valence-electron chi connectivity index (χ4n) is 2.04. The van der Waals surface area contributed by atoms with Crippen molar-refractivity contribution < 1.29 is 4.74 Å². The van der Waals surface area contributed by atoms with Gasteiger partial charge in [0.2, 0.25) is 0 Å². The highest BCUT2D eigenvalue weighted by atomic mass is 79.9. The van der Waals surface area contributed by atoms with E-state index in [0.29, 0.717) is 5.92 Å². The van der Waals surface area contributed by atoms with Gasteiger partial charge in [-0.15, -0.1) is 0 Å². The van der Waals surface area contributed by atoms with E-state index in [1.807, 2.05) is 12.1 Å². The number of halogens is 1. The second-order valence-electron chi connectivity index (χ2n) is 4.36. The maximum atomic E-state index is 5.75. The summed E-state index contributed by atoms with van der Waals surface area (Å²) in [6.45, 7) is 3.87. The molecular weight excluding hydrogens is 266 g/mol. The summed E-state index contributed by atoms with van der Waals surface area (Å²) in [4.78, 5) is 0. The number of nitrogens with one attached hydrogen (secondary N) is 1. The van der Waals surface area contributed by atoms with E-state index in [-0.39, 0.29) is 0 Å².